The molecule has 0 atom stereocenters. The Hall–Kier alpha value is -3.68. The monoisotopic (exact) mass is 448 g/mol. The lowest BCUT2D eigenvalue weighted by Gasteiger charge is -2.32. The molecule has 0 bridgehead atoms. The van der Waals surface area contributed by atoms with Crippen LogP contribution in [0.3, 0.4) is 0 Å². The molecular formula is C25H28N4O4. The number of carbonyl (C=O) groups is 2. The molecule has 1 aliphatic rings. The van der Waals surface area contributed by atoms with Crippen molar-refractivity contribution in [3.05, 3.63) is 80.5 Å². The SMILES string of the molecule is CCn1c(=O)[nH]c2cc(C(=O)N3CCC(NC(=O)CCc4ccccc4)CC3)ccc2c1=O. The number of carbonyl (C=O) groups excluding carboxylic acids is 2. The molecule has 0 spiro atoms. The molecule has 2 N–H and O–H groups in total. The van der Waals surface area contributed by atoms with Crippen molar-refractivity contribution in [2.24, 2.45) is 0 Å². The molecule has 172 valence electrons. The first kappa shape index (κ1) is 22.5. The molecule has 3 aromatic rings. The molecule has 8 heteroatoms. The Morgan fingerprint density at radius 1 is 1.06 bits per heavy atom. The summed E-state index contributed by atoms with van der Waals surface area (Å²) >= 11 is 0. The number of aromatic nitrogens is 2. The Morgan fingerprint density at radius 2 is 1.79 bits per heavy atom. The van der Waals surface area contributed by atoms with E-state index in [1.807, 2.05) is 30.3 Å². The van der Waals surface area contributed by atoms with Crippen LogP contribution >= 0.6 is 0 Å². The molecular weight excluding hydrogens is 420 g/mol. The van der Waals surface area contributed by atoms with Crippen molar-refractivity contribution >= 4 is 22.7 Å². The number of likely N-dealkylation sites (tertiary alicyclic amines) is 1. The Kier molecular flexibility index (Phi) is 6.72. The van der Waals surface area contributed by atoms with Crippen molar-refractivity contribution in [1.29, 1.82) is 0 Å². The van der Waals surface area contributed by atoms with E-state index in [0.29, 0.717) is 55.2 Å². The van der Waals surface area contributed by atoms with E-state index in [9.17, 15) is 19.2 Å². The predicted octanol–water partition coefficient (Wildman–Crippen LogP) is 2.06. The van der Waals surface area contributed by atoms with Crippen molar-refractivity contribution in [3.8, 4) is 0 Å². The van der Waals surface area contributed by atoms with Gasteiger partial charge in [0.1, 0.15) is 0 Å². The van der Waals surface area contributed by atoms with Crippen molar-refractivity contribution in [2.75, 3.05) is 13.1 Å². The maximum absolute atomic E-state index is 13.0. The van der Waals surface area contributed by atoms with E-state index in [1.165, 1.54) is 0 Å². The minimum atomic E-state index is -0.483. The summed E-state index contributed by atoms with van der Waals surface area (Å²) in [5, 5.41) is 3.46. The van der Waals surface area contributed by atoms with Gasteiger partial charge < -0.3 is 15.2 Å². The molecule has 2 amide bonds. The Bertz CT molecular complexity index is 1270. The molecule has 0 unspecified atom stereocenters. The lowest BCUT2D eigenvalue weighted by molar-refractivity contribution is -0.122. The maximum atomic E-state index is 13.0. The minimum absolute atomic E-state index is 0.0276. The number of aryl methyl sites for hydroxylation is 1. The largest absolute Gasteiger partial charge is 0.353 e. The van der Waals surface area contributed by atoms with Crippen LogP contribution in [-0.4, -0.2) is 45.4 Å². The molecule has 1 fully saturated rings. The highest BCUT2D eigenvalue weighted by atomic mass is 16.2. The number of amides is 2. The van der Waals surface area contributed by atoms with Gasteiger partial charge in [0.25, 0.3) is 11.5 Å². The zero-order chi connectivity index (χ0) is 23.4. The average molecular weight is 449 g/mol. The van der Waals surface area contributed by atoms with Crippen LogP contribution in [0.2, 0.25) is 0 Å². The number of hydrogen-bond donors (Lipinski definition) is 2. The van der Waals surface area contributed by atoms with Gasteiger partial charge in [-0.3, -0.25) is 19.0 Å². The van der Waals surface area contributed by atoms with Crippen molar-refractivity contribution in [1.82, 2.24) is 19.8 Å². The number of nitrogens with one attached hydrogen (secondary N) is 2. The number of nitrogens with zero attached hydrogens (tertiary/aromatic N) is 2. The number of H-pyrrole nitrogens is 1. The highest BCUT2D eigenvalue weighted by molar-refractivity contribution is 5.97. The first-order chi connectivity index (χ1) is 16.0. The second-order valence-corrected chi connectivity index (χ2v) is 8.36. The van der Waals surface area contributed by atoms with Crippen LogP contribution in [0, 0.1) is 0 Å². The number of rotatable bonds is 6. The summed E-state index contributed by atoms with van der Waals surface area (Å²) in [6.45, 7) is 3.08. The molecule has 8 nitrogen and oxygen atoms in total. The van der Waals surface area contributed by atoms with Gasteiger partial charge in [-0.1, -0.05) is 30.3 Å². The third-order valence-electron chi connectivity index (χ3n) is 6.18. The molecule has 2 heterocycles. The fourth-order valence-electron chi connectivity index (χ4n) is 4.29. The fourth-order valence-corrected chi connectivity index (χ4v) is 4.29. The summed E-state index contributed by atoms with van der Waals surface area (Å²) in [6.07, 6.45) is 2.53. The van der Waals surface area contributed by atoms with Crippen LogP contribution in [0.25, 0.3) is 10.9 Å². The van der Waals surface area contributed by atoms with Crippen molar-refractivity contribution in [3.63, 3.8) is 0 Å². The minimum Gasteiger partial charge on any atom is -0.353 e. The molecule has 0 radical (unpaired) electrons. The second kappa shape index (κ2) is 9.85. The van der Waals surface area contributed by atoms with E-state index in [1.54, 1.807) is 30.0 Å². The van der Waals surface area contributed by atoms with Crippen LogP contribution in [0.1, 0.15) is 42.1 Å². The zero-order valence-corrected chi connectivity index (χ0v) is 18.7. The highest BCUT2D eigenvalue weighted by Gasteiger charge is 2.25. The number of benzene rings is 2. The van der Waals surface area contributed by atoms with E-state index in [4.69, 9.17) is 0 Å². The first-order valence-electron chi connectivity index (χ1n) is 11.4. The normalized spacial score (nSPS) is 14.4. The molecule has 1 aliphatic heterocycles. The molecule has 0 aliphatic carbocycles. The number of fused-ring (bicyclic) bond motifs is 1. The summed E-state index contributed by atoms with van der Waals surface area (Å²) in [5.41, 5.74) is 1.08. The number of piperidine rings is 1. The van der Waals surface area contributed by atoms with Gasteiger partial charge in [0.2, 0.25) is 5.91 Å². The quantitative estimate of drug-likeness (QED) is 0.602. The van der Waals surface area contributed by atoms with Crippen LogP contribution in [0.4, 0.5) is 0 Å². The molecule has 1 saturated heterocycles. The van der Waals surface area contributed by atoms with Crippen LogP contribution in [-0.2, 0) is 17.8 Å². The lowest BCUT2D eigenvalue weighted by atomic mass is 10.0. The van der Waals surface area contributed by atoms with Gasteiger partial charge in [-0.2, -0.15) is 0 Å². The standard InChI is InChI=1S/C25H28N4O4/c1-2-29-24(32)20-10-9-18(16-21(20)27-25(29)33)23(31)28-14-12-19(13-15-28)26-22(30)11-8-17-6-4-3-5-7-17/h3-7,9-10,16,19H,2,8,11-15H2,1H3,(H,26,30)(H,27,33). The molecule has 2 aromatic carbocycles. The van der Waals surface area contributed by atoms with Crippen LogP contribution in [0.5, 0.6) is 0 Å². The third-order valence-corrected chi connectivity index (χ3v) is 6.18. The molecule has 0 saturated carbocycles. The highest BCUT2D eigenvalue weighted by Crippen LogP contribution is 2.17. The summed E-state index contributed by atoms with van der Waals surface area (Å²) in [7, 11) is 0. The first-order valence-corrected chi connectivity index (χ1v) is 11.4. The van der Waals surface area contributed by atoms with Crippen LogP contribution in [0.15, 0.2) is 58.1 Å². The van der Waals surface area contributed by atoms with Gasteiger partial charge in [0, 0.05) is 37.7 Å². The van der Waals surface area contributed by atoms with Gasteiger partial charge in [0.15, 0.2) is 0 Å². The molecule has 4 rings (SSSR count). The summed E-state index contributed by atoms with van der Waals surface area (Å²) in [4.78, 5) is 54.2. The lowest BCUT2D eigenvalue weighted by Crippen LogP contribution is -2.46. The second-order valence-electron chi connectivity index (χ2n) is 8.36. The van der Waals surface area contributed by atoms with Gasteiger partial charge in [-0.15, -0.1) is 0 Å². The average Bonchev–Trinajstić information content (AvgIpc) is 2.83. The van der Waals surface area contributed by atoms with Gasteiger partial charge in [-0.05, 0) is 49.9 Å². The Balaban J connectivity index is 1.34. The molecule has 33 heavy (non-hydrogen) atoms. The van der Waals surface area contributed by atoms with Crippen molar-refractivity contribution in [2.45, 2.75) is 45.2 Å². The van der Waals surface area contributed by atoms with E-state index >= 15 is 0 Å². The fraction of sp³-hybridized carbons (Fsp3) is 0.360. The third kappa shape index (κ3) is 5.05. The summed E-state index contributed by atoms with van der Waals surface area (Å²) in [5.74, 6) is -0.119. The maximum Gasteiger partial charge on any atom is 0.328 e. The smallest absolute Gasteiger partial charge is 0.328 e. The summed E-state index contributed by atoms with van der Waals surface area (Å²) in [6, 6.07) is 14.8. The Morgan fingerprint density at radius 3 is 2.48 bits per heavy atom. The summed E-state index contributed by atoms with van der Waals surface area (Å²) < 4.78 is 1.13. The van der Waals surface area contributed by atoms with Crippen LogP contribution < -0.4 is 16.6 Å². The van der Waals surface area contributed by atoms with Gasteiger partial charge >= 0.3 is 5.69 Å². The molecule has 1 aromatic heterocycles. The van der Waals surface area contributed by atoms with Gasteiger partial charge in [-0.25, -0.2) is 4.79 Å². The predicted molar refractivity (Wildman–Crippen MR) is 126 cm³/mol. The van der Waals surface area contributed by atoms with E-state index < -0.39 is 5.69 Å². The van der Waals surface area contributed by atoms with Gasteiger partial charge in [0.05, 0.1) is 10.9 Å². The van der Waals surface area contributed by atoms with E-state index in [0.717, 1.165) is 10.1 Å². The number of aromatic amines is 1. The van der Waals surface area contributed by atoms with E-state index in [2.05, 4.69) is 10.3 Å². The number of hydrogen-bond acceptors (Lipinski definition) is 4. The Labute approximate surface area is 191 Å². The van der Waals surface area contributed by atoms with E-state index in [-0.39, 0.29) is 30.0 Å². The topological polar surface area (TPSA) is 104 Å². The van der Waals surface area contributed by atoms with Crippen molar-refractivity contribution < 1.29 is 9.59 Å². The zero-order valence-electron chi connectivity index (χ0n) is 18.7.